The van der Waals surface area contributed by atoms with Crippen molar-refractivity contribution in [2.45, 2.75) is 20.3 Å². The van der Waals surface area contributed by atoms with Gasteiger partial charge in [0.2, 0.25) is 0 Å². The number of carbonyl (C=O) groups is 2. The maximum Gasteiger partial charge on any atom is 0.333 e. The Bertz CT molecular complexity index is 643. The van der Waals surface area contributed by atoms with Crippen LogP contribution >= 0.6 is 11.6 Å². The molecular weight excluding hydrogens is 287 g/mol. The van der Waals surface area contributed by atoms with Crippen molar-refractivity contribution in [2.75, 3.05) is 4.90 Å². The highest BCUT2D eigenvalue weighted by atomic mass is 35.5. The number of allylic oxidation sites excluding steroid dienone is 1. The van der Waals surface area contributed by atoms with Gasteiger partial charge in [-0.05, 0) is 25.0 Å². The van der Waals surface area contributed by atoms with Crippen LogP contribution in [0.1, 0.15) is 20.3 Å². The second kappa shape index (κ2) is 5.13. The number of phenols is 1. The summed E-state index contributed by atoms with van der Waals surface area (Å²) in [6, 6.07) is 1.03. The molecule has 0 atom stereocenters. The summed E-state index contributed by atoms with van der Waals surface area (Å²) in [5.41, 5.74) is 0.476. The van der Waals surface area contributed by atoms with Gasteiger partial charge in [-0.1, -0.05) is 18.5 Å². The molecule has 2 N–H and O–H groups in total. The molecule has 0 saturated carbocycles. The van der Waals surface area contributed by atoms with E-state index in [9.17, 15) is 19.1 Å². The molecule has 0 aromatic heterocycles. The van der Waals surface area contributed by atoms with Crippen LogP contribution < -0.4 is 10.2 Å². The molecule has 3 amide bonds. The van der Waals surface area contributed by atoms with Crippen LogP contribution in [0.3, 0.4) is 0 Å². The van der Waals surface area contributed by atoms with Gasteiger partial charge in [0.1, 0.15) is 17.3 Å². The number of benzene rings is 1. The van der Waals surface area contributed by atoms with Crippen molar-refractivity contribution in [3.63, 3.8) is 0 Å². The van der Waals surface area contributed by atoms with Gasteiger partial charge in [0.15, 0.2) is 0 Å². The molecule has 5 nitrogen and oxygen atoms in total. The smallest absolute Gasteiger partial charge is 0.333 e. The molecule has 1 aromatic carbocycles. The summed E-state index contributed by atoms with van der Waals surface area (Å²) in [5.74, 6) is -1.94. The molecule has 1 saturated heterocycles. The molecule has 1 aliphatic rings. The minimum atomic E-state index is -0.869. The van der Waals surface area contributed by atoms with E-state index in [4.69, 9.17) is 11.6 Å². The first-order valence-electron chi connectivity index (χ1n) is 5.90. The molecule has 0 unspecified atom stereocenters. The number of aromatic hydroxyl groups is 1. The minimum absolute atomic E-state index is 0.131. The van der Waals surface area contributed by atoms with Gasteiger partial charge >= 0.3 is 6.03 Å². The fraction of sp³-hybridized carbons (Fsp3) is 0.231. The third kappa shape index (κ3) is 2.22. The summed E-state index contributed by atoms with van der Waals surface area (Å²) in [6.45, 7) is 3.53. The molecule has 1 aromatic rings. The van der Waals surface area contributed by atoms with Crippen molar-refractivity contribution in [3.05, 3.63) is 34.2 Å². The third-order valence-corrected chi connectivity index (χ3v) is 3.37. The van der Waals surface area contributed by atoms with E-state index >= 15 is 0 Å². The lowest BCUT2D eigenvalue weighted by atomic mass is 10.1. The summed E-state index contributed by atoms with van der Waals surface area (Å²) < 4.78 is 13.9. The zero-order chi connectivity index (χ0) is 15.0. The number of imide groups is 1. The van der Waals surface area contributed by atoms with E-state index in [2.05, 4.69) is 5.32 Å². The number of rotatable bonds is 2. The van der Waals surface area contributed by atoms with Crippen LogP contribution in [-0.4, -0.2) is 17.0 Å². The molecule has 0 bridgehead atoms. The highest BCUT2D eigenvalue weighted by Gasteiger charge is 2.37. The van der Waals surface area contributed by atoms with E-state index in [1.54, 1.807) is 6.92 Å². The average Bonchev–Trinajstić information content (AvgIpc) is 2.69. The number of hydrogen-bond donors (Lipinski definition) is 2. The highest BCUT2D eigenvalue weighted by Crippen LogP contribution is 2.33. The first-order valence-corrected chi connectivity index (χ1v) is 6.27. The molecule has 0 aliphatic carbocycles. The van der Waals surface area contributed by atoms with Crippen molar-refractivity contribution in [1.29, 1.82) is 0 Å². The molecule has 0 radical (unpaired) electrons. The Hall–Kier alpha value is -2.08. The fourth-order valence-corrected chi connectivity index (χ4v) is 1.95. The molecule has 1 heterocycles. The van der Waals surface area contributed by atoms with Gasteiger partial charge in [0, 0.05) is 6.07 Å². The van der Waals surface area contributed by atoms with Crippen LogP contribution in [0.4, 0.5) is 14.9 Å². The predicted octanol–water partition coefficient (Wildman–Crippen LogP) is 2.92. The quantitative estimate of drug-likeness (QED) is 0.651. The van der Waals surface area contributed by atoms with Gasteiger partial charge in [0.25, 0.3) is 5.91 Å². The normalized spacial score (nSPS) is 17.5. The van der Waals surface area contributed by atoms with Crippen LogP contribution in [0.2, 0.25) is 5.02 Å². The van der Waals surface area contributed by atoms with Gasteiger partial charge < -0.3 is 10.4 Å². The molecule has 1 aliphatic heterocycles. The van der Waals surface area contributed by atoms with E-state index in [1.165, 1.54) is 0 Å². The van der Waals surface area contributed by atoms with Crippen LogP contribution in [0, 0.1) is 5.82 Å². The van der Waals surface area contributed by atoms with E-state index in [1.807, 2.05) is 6.92 Å². The van der Waals surface area contributed by atoms with E-state index in [0.29, 0.717) is 16.9 Å². The second-order valence-electron chi connectivity index (χ2n) is 4.33. The molecule has 2 rings (SSSR count). The first-order chi connectivity index (χ1) is 9.36. The summed E-state index contributed by atoms with van der Waals surface area (Å²) in [4.78, 5) is 24.7. The Labute approximate surface area is 119 Å². The monoisotopic (exact) mass is 298 g/mol. The van der Waals surface area contributed by atoms with Crippen molar-refractivity contribution < 1.29 is 19.1 Å². The summed E-state index contributed by atoms with van der Waals surface area (Å²) in [7, 11) is 0. The Balaban J connectivity index is 2.52. The number of carbonyl (C=O) groups excluding carboxylic acids is 2. The maximum absolute atomic E-state index is 13.9. The molecular formula is C13H12ClFN2O3. The van der Waals surface area contributed by atoms with Crippen molar-refractivity contribution in [2.24, 2.45) is 0 Å². The lowest BCUT2D eigenvalue weighted by molar-refractivity contribution is -0.114. The van der Waals surface area contributed by atoms with Crippen molar-refractivity contribution in [1.82, 2.24) is 5.32 Å². The van der Waals surface area contributed by atoms with Crippen LogP contribution in [0.25, 0.3) is 0 Å². The number of hydrogen-bond acceptors (Lipinski definition) is 3. The minimum Gasteiger partial charge on any atom is -0.506 e. The zero-order valence-electron chi connectivity index (χ0n) is 10.8. The predicted molar refractivity (Wildman–Crippen MR) is 72.1 cm³/mol. The summed E-state index contributed by atoms with van der Waals surface area (Å²) in [5, 5.41) is 11.7. The van der Waals surface area contributed by atoms with Gasteiger partial charge in [-0.2, -0.15) is 0 Å². The largest absolute Gasteiger partial charge is 0.506 e. The van der Waals surface area contributed by atoms with Gasteiger partial charge in [-0.15, -0.1) is 0 Å². The summed E-state index contributed by atoms with van der Waals surface area (Å²) in [6.07, 6.45) is 0.573. The maximum atomic E-state index is 13.9. The number of anilines is 1. The SMILES string of the molecule is CCC(C)=C1NC(=O)N(c2cc(O)c(Cl)cc2F)C1=O. The molecule has 7 heteroatoms. The summed E-state index contributed by atoms with van der Waals surface area (Å²) >= 11 is 5.56. The van der Waals surface area contributed by atoms with Crippen molar-refractivity contribution >= 4 is 29.2 Å². The lowest BCUT2D eigenvalue weighted by Gasteiger charge is -2.13. The Morgan fingerprint density at radius 1 is 1.45 bits per heavy atom. The Kier molecular flexibility index (Phi) is 3.67. The average molecular weight is 299 g/mol. The fourth-order valence-electron chi connectivity index (χ4n) is 1.80. The van der Waals surface area contributed by atoms with Crippen LogP contribution in [0.15, 0.2) is 23.4 Å². The van der Waals surface area contributed by atoms with E-state index in [-0.39, 0.29) is 16.4 Å². The third-order valence-electron chi connectivity index (χ3n) is 3.07. The van der Waals surface area contributed by atoms with Gasteiger partial charge in [-0.3, -0.25) is 4.79 Å². The number of nitrogens with zero attached hydrogens (tertiary/aromatic N) is 1. The molecule has 106 valence electrons. The Morgan fingerprint density at radius 3 is 2.70 bits per heavy atom. The molecule has 1 fully saturated rings. The number of phenolic OH excluding ortho intramolecular Hbond substituents is 1. The number of amides is 3. The topological polar surface area (TPSA) is 69.6 Å². The lowest BCUT2D eigenvalue weighted by Crippen LogP contribution is -2.31. The standard InChI is InChI=1S/C13H12ClFN2O3/c1-3-6(2)11-12(19)17(13(20)16-11)9-5-10(18)7(14)4-8(9)15/h4-5,18H,3H2,1-2H3,(H,16,20). The molecule has 0 spiro atoms. The number of urea groups is 1. The van der Waals surface area contributed by atoms with E-state index in [0.717, 1.165) is 12.1 Å². The first kappa shape index (κ1) is 14.3. The second-order valence-corrected chi connectivity index (χ2v) is 4.74. The van der Waals surface area contributed by atoms with Gasteiger partial charge in [0.05, 0.1) is 10.7 Å². The van der Waals surface area contributed by atoms with Crippen LogP contribution in [0.5, 0.6) is 5.75 Å². The Morgan fingerprint density at radius 2 is 2.10 bits per heavy atom. The van der Waals surface area contributed by atoms with E-state index < -0.39 is 23.5 Å². The number of halogens is 2. The molecule has 20 heavy (non-hydrogen) atoms. The highest BCUT2D eigenvalue weighted by molar-refractivity contribution is 6.32. The van der Waals surface area contributed by atoms with Gasteiger partial charge in [-0.25, -0.2) is 14.1 Å². The van der Waals surface area contributed by atoms with Crippen LogP contribution in [-0.2, 0) is 4.79 Å². The number of nitrogens with one attached hydrogen (secondary N) is 1. The van der Waals surface area contributed by atoms with Crippen molar-refractivity contribution in [3.8, 4) is 5.75 Å². The zero-order valence-corrected chi connectivity index (χ0v) is 11.6.